The van der Waals surface area contributed by atoms with Crippen molar-refractivity contribution >= 4 is 12.2 Å². The van der Waals surface area contributed by atoms with Gasteiger partial charge in [-0.1, -0.05) is 31.6 Å². The number of benzene rings is 1. The van der Waals surface area contributed by atoms with Crippen LogP contribution < -0.4 is 4.74 Å². The zero-order valence-corrected chi connectivity index (χ0v) is 10.6. The first kappa shape index (κ1) is 12.5. The van der Waals surface area contributed by atoms with Crippen molar-refractivity contribution in [2.75, 3.05) is 6.61 Å². The molecule has 0 amide bonds. The second-order valence-corrected chi connectivity index (χ2v) is 4.12. The Balaban J connectivity index is 1.91. The van der Waals surface area contributed by atoms with Crippen LogP contribution in [-0.2, 0) is 0 Å². The van der Waals surface area contributed by atoms with Crippen molar-refractivity contribution in [3.05, 3.63) is 54.0 Å². The lowest BCUT2D eigenvalue weighted by Gasteiger charge is -2.04. The van der Waals surface area contributed by atoms with E-state index in [4.69, 9.17) is 9.15 Å². The van der Waals surface area contributed by atoms with E-state index in [0.717, 1.165) is 36.5 Å². The van der Waals surface area contributed by atoms with Crippen molar-refractivity contribution in [2.45, 2.75) is 19.8 Å². The van der Waals surface area contributed by atoms with Crippen molar-refractivity contribution in [1.29, 1.82) is 0 Å². The first-order chi connectivity index (χ1) is 8.88. The third kappa shape index (κ3) is 3.81. The summed E-state index contributed by atoms with van der Waals surface area (Å²) >= 11 is 0. The Labute approximate surface area is 108 Å². The zero-order chi connectivity index (χ0) is 12.6. The molecule has 0 aliphatic rings. The summed E-state index contributed by atoms with van der Waals surface area (Å²) in [4.78, 5) is 0. The molecule has 1 aromatic carbocycles. The molecule has 0 saturated carbocycles. The van der Waals surface area contributed by atoms with Crippen LogP contribution in [0.4, 0.5) is 0 Å². The van der Waals surface area contributed by atoms with Crippen molar-refractivity contribution in [1.82, 2.24) is 0 Å². The summed E-state index contributed by atoms with van der Waals surface area (Å²) in [6.45, 7) is 2.95. The molecule has 0 radical (unpaired) electrons. The molecule has 18 heavy (non-hydrogen) atoms. The fourth-order valence-corrected chi connectivity index (χ4v) is 1.57. The summed E-state index contributed by atoms with van der Waals surface area (Å²) in [6.07, 6.45) is 7.90. The first-order valence-corrected chi connectivity index (χ1v) is 6.33. The molecule has 1 aromatic heterocycles. The largest absolute Gasteiger partial charge is 0.494 e. The van der Waals surface area contributed by atoms with Gasteiger partial charge in [-0.05, 0) is 42.3 Å². The third-order valence-corrected chi connectivity index (χ3v) is 2.63. The summed E-state index contributed by atoms with van der Waals surface area (Å²) in [7, 11) is 0. The van der Waals surface area contributed by atoms with Crippen LogP contribution in [0.1, 0.15) is 31.1 Å². The molecule has 2 nitrogen and oxygen atoms in total. The number of rotatable bonds is 6. The van der Waals surface area contributed by atoms with Crippen molar-refractivity contribution in [3.63, 3.8) is 0 Å². The highest BCUT2D eigenvalue weighted by molar-refractivity contribution is 5.67. The van der Waals surface area contributed by atoms with Crippen LogP contribution in [0.15, 0.2) is 47.1 Å². The van der Waals surface area contributed by atoms with Gasteiger partial charge in [0.15, 0.2) is 0 Å². The van der Waals surface area contributed by atoms with Crippen LogP contribution in [0.5, 0.6) is 5.75 Å². The predicted molar refractivity (Wildman–Crippen MR) is 74.5 cm³/mol. The molecule has 2 heteroatoms. The summed E-state index contributed by atoms with van der Waals surface area (Å²) in [5.41, 5.74) is 1.13. The lowest BCUT2D eigenvalue weighted by Crippen LogP contribution is -1.95. The molecule has 0 fully saturated rings. The molecular weight excluding hydrogens is 224 g/mol. The molecule has 0 atom stereocenters. The van der Waals surface area contributed by atoms with E-state index in [1.807, 2.05) is 48.6 Å². The molecule has 0 bridgehead atoms. The van der Waals surface area contributed by atoms with E-state index in [0.29, 0.717) is 0 Å². The topological polar surface area (TPSA) is 22.4 Å². The maximum atomic E-state index is 5.61. The van der Waals surface area contributed by atoms with E-state index in [9.17, 15) is 0 Å². The lowest BCUT2D eigenvalue weighted by atomic mass is 10.2. The molecule has 0 unspecified atom stereocenters. The molecule has 2 aromatic rings. The first-order valence-electron chi connectivity index (χ1n) is 6.33. The Kier molecular flexibility index (Phi) is 4.65. The zero-order valence-electron chi connectivity index (χ0n) is 10.6. The highest BCUT2D eigenvalue weighted by atomic mass is 16.5. The average Bonchev–Trinajstić information content (AvgIpc) is 2.91. The second kappa shape index (κ2) is 6.70. The average molecular weight is 242 g/mol. The number of unbranched alkanes of at least 4 members (excludes halogenated alkanes) is 1. The minimum atomic E-state index is 0.790. The van der Waals surface area contributed by atoms with Crippen LogP contribution in [-0.4, -0.2) is 6.61 Å². The maximum Gasteiger partial charge on any atom is 0.126 e. The Bertz CT molecular complexity index is 466. The van der Waals surface area contributed by atoms with Gasteiger partial charge in [-0.3, -0.25) is 0 Å². The standard InChI is InChI=1S/C16H18O2/c1-2-3-12-17-16-10-7-14(8-11-16)6-9-15-5-4-13-18-15/h4-11,13H,2-3,12H2,1H3/b9-6+. The van der Waals surface area contributed by atoms with Crippen LogP contribution in [0.25, 0.3) is 12.2 Å². The summed E-state index contributed by atoms with van der Waals surface area (Å²) in [5.74, 6) is 1.79. The lowest BCUT2D eigenvalue weighted by molar-refractivity contribution is 0.309. The summed E-state index contributed by atoms with van der Waals surface area (Å²) < 4.78 is 10.8. The number of ether oxygens (including phenoxy) is 1. The maximum absolute atomic E-state index is 5.61. The molecule has 0 aliphatic heterocycles. The van der Waals surface area contributed by atoms with Gasteiger partial charge in [-0.25, -0.2) is 0 Å². The number of hydrogen-bond acceptors (Lipinski definition) is 2. The smallest absolute Gasteiger partial charge is 0.126 e. The monoisotopic (exact) mass is 242 g/mol. The van der Waals surface area contributed by atoms with Gasteiger partial charge in [0.2, 0.25) is 0 Å². The highest BCUT2D eigenvalue weighted by Crippen LogP contribution is 2.15. The molecule has 0 saturated heterocycles. The fourth-order valence-electron chi connectivity index (χ4n) is 1.57. The van der Waals surface area contributed by atoms with E-state index in [1.165, 1.54) is 0 Å². The molecule has 0 spiro atoms. The van der Waals surface area contributed by atoms with Gasteiger partial charge >= 0.3 is 0 Å². The van der Waals surface area contributed by atoms with E-state index in [-0.39, 0.29) is 0 Å². The molecule has 94 valence electrons. The number of furan rings is 1. The Morgan fingerprint density at radius 3 is 2.61 bits per heavy atom. The highest BCUT2D eigenvalue weighted by Gasteiger charge is 1.94. The minimum Gasteiger partial charge on any atom is -0.494 e. The van der Waals surface area contributed by atoms with Gasteiger partial charge < -0.3 is 9.15 Å². The molecule has 1 heterocycles. The third-order valence-electron chi connectivity index (χ3n) is 2.63. The van der Waals surface area contributed by atoms with Crippen LogP contribution >= 0.6 is 0 Å². The van der Waals surface area contributed by atoms with Gasteiger partial charge in [0, 0.05) is 0 Å². The minimum absolute atomic E-state index is 0.790. The van der Waals surface area contributed by atoms with Crippen LogP contribution in [0, 0.1) is 0 Å². The van der Waals surface area contributed by atoms with Gasteiger partial charge in [0.05, 0.1) is 12.9 Å². The molecule has 0 N–H and O–H groups in total. The Morgan fingerprint density at radius 2 is 1.94 bits per heavy atom. The van der Waals surface area contributed by atoms with Crippen LogP contribution in [0.2, 0.25) is 0 Å². The van der Waals surface area contributed by atoms with Gasteiger partial charge in [-0.15, -0.1) is 0 Å². The van der Waals surface area contributed by atoms with Gasteiger partial charge in [0.1, 0.15) is 11.5 Å². The Hall–Kier alpha value is -1.96. The van der Waals surface area contributed by atoms with Crippen molar-refractivity contribution in [3.8, 4) is 5.75 Å². The predicted octanol–water partition coefficient (Wildman–Crippen LogP) is 4.63. The van der Waals surface area contributed by atoms with E-state index in [1.54, 1.807) is 6.26 Å². The quantitative estimate of drug-likeness (QED) is 0.689. The van der Waals surface area contributed by atoms with Crippen molar-refractivity contribution < 1.29 is 9.15 Å². The van der Waals surface area contributed by atoms with E-state index >= 15 is 0 Å². The van der Waals surface area contributed by atoms with Crippen LogP contribution in [0.3, 0.4) is 0 Å². The Morgan fingerprint density at radius 1 is 1.11 bits per heavy atom. The molecule has 2 rings (SSSR count). The molecule has 0 aliphatic carbocycles. The normalized spacial score (nSPS) is 10.9. The fraction of sp³-hybridized carbons (Fsp3) is 0.250. The SMILES string of the molecule is CCCCOc1ccc(/C=C/c2ccco2)cc1. The second-order valence-electron chi connectivity index (χ2n) is 4.12. The van der Waals surface area contributed by atoms with Gasteiger partial charge in [0.25, 0.3) is 0 Å². The van der Waals surface area contributed by atoms with E-state index in [2.05, 4.69) is 6.92 Å². The summed E-state index contributed by atoms with van der Waals surface area (Å²) in [5, 5.41) is 0. The molecular formula is C16H18O2. The van der Waals surface area contributed by atoms with E-state index < -0.39 is 0 Å². The summed E-state index contributed by atoms with van der Waals surface area (Å²) in [6, 6.07) is 11.9. The number of hydrogen-bond donors (Lipinski definition) is 0. The van der Waals surface area contributed by atoms with Gasteiger partial charge in [-0.2, -0.15) is 0 Å². The van der Waals surface area contributed by atoms with Crippen molar-refractivity contribution in [2.24, 2.45) is 0 Å².